The number of nitrogens with zero attached hydrogens (tertiary/aromatic N) is 2. The molecule has 1 unspecified atom stereocenters. The summed E-state index contributed by atoms with van der Waals surface area (Å²) < 4.78 is 13.8. The third-order valence-corrected chi connectivity index (χ3v) is 2.17. The number of halogens is 1. The Morgan fingerprint density at radius 3 is 2.69 bits per heavy atom. The first-order valence-electron chi connectivity index (χ1n) is 4.24. The summed E-state index contributed by atoms with van der Waals surface area (Å²) in [4.78, 5) is 13.4. The van der Waals surface area contributed by atoms with Gasteiger partial charge in [-0.2, -0.15) is 0 Å². The number of alkyl halides is 1. The average molecular weight is 190 g/mol. The largest absolute Gasteiger partial charge is 0.465 e. The lowest BCUT2D eigenvalue weighted by Gasteiger charge is -2.23. The predicted molar refractivity (Wildman–Crippen MR) is 46.6 cm³/mol. The van der Waals surface area contributed by atoms with Gasteiger partial charge in [0.2, 0.25) is 0 Å². The molecule has 76 valence electrons. The Kier molecular flexibility index (Phi) is 2.75. The number of amides is 1. The highest BCUT2D eigenvalue weighted by Crippen LogP contribution is 2.25. The molecule has 1 atom stereocenters. The van der Waals surface area contributed by atoms with E-state index in [2.05, 4.69) is 0 Å². The van der Waals surface area contributed by atoms with Crippen molar-refractivity contribution in [3.63, 3.8) is 0 Å². The van der Waals surface area contributed by atoms with Gasteiger partial charge in [-0.05, 0) is 14.1 Å². The molecular formula is C8H15FN2O2. The van der Waals surface area contributed by atoms with E-state index >= 15 is 0 Å². The minimum absolute atomic E-state index is 0.000509. The molecule has 0 aliphatic carbocycles. The quantitative estimate of drug-likeness (QED) is 0.695. The van der Waals surface area contributed by atoms with Crippen molar-refractivity contribution in [3.05, 3.63) is 0 Å². The second-order valence-electron chi connectivity index (χ2n) is 3.84. The van der Waals surface area contributed by atoms with Crippen LogP contribution in [0.3, 0.4) is 0 Å². The van der Waals surface area contributed by atoms with Crippen molar-refractivity contribution in [2.75, 3.05) is 33.7 Å². The van der Waals surface area contributed by atoms with Crippen LogP contribution in [0.25, 0.3) is 0 Å². The molecule has 0 spiro atoms. The second-order valence-corrected chi connectivity index (χ2v) is 3.84. The third kappa shape index (κ3) is 2.55. The molecule has 1 N–H and O–H groups in total. The fourth-order valence-electron chi connectivity index (χ4n) is 1.69. The number of likely N-dealkylation sites (tertiary alicyclic amines) is 1. The molecule has 1 rings (SSSR count). The van der Waals surface area contributed by atoms with Crippen molar-refractivity contribution in [1.29, 1.82) is 0 Å². The lowest BCUT2D eigenvalue weighted by molar-refractivity contribution is 0.113. The summed E-state index contributed by atoms with van der Waals surface area (Å²) in [5.41, 5.74) is -1.36. The molecule has 0 bridgehead atoms. The summed E-state index contributed by atoms with van der Waals surface area (Å²) in [6.07, 6.45) is -0.726. The van der Waals surface area contributed by atoms with Crippen LogP contribution in [0.15, 0.2) is 0 Å². The fourth-order valence-corrected chi connectivity index (χ4v) is 1.69. The highest BCUT2D eigenvalue weighted by molar-refractivity contribution is 5.65. The van der Waals surface area contributed by atoms with Gasteiger partial charge in [0, 0.05) is 19.5 Å². The van der Waals surface area contributed by atoms with E-state index in [1.54, 1.807) is 19.0 Å². The van der Waals surface area contributed by atoms with Crippen LogP contribution in [0, 0.1) is 0 Å². The van der Waals surface area contributed by atoms with E-state index in [-0.39, 0.29) is 13.1 Å². The highest BCUT2D eigenvalue weighted by atomic mass is 19.1. The maximum Gasteiger partial charge on any atom is 0.407 e. The zero-order chi connectivity index (χ0) is 10.1. The van der Waals surface area contributed by atoms with Gasteiger partial charge in [-0.1, -0.05) is 0 Å². The molecule has 1 saturated heterocycles. The average Bonchev–Trinajstić information content (AvgIpc) is 2.29. The van der Waals surface area contributed by atoms with E-state index in [0.29, 0.717) is 13.0 Å². The smallest absolute Gasteiger partial charge is 0.407 e. The van der Waals surface area contributed by atoms with E-state index in [4.69, 9.17) is 5.11 Å². The van der Waals surface area contributed by atoms with Gasteiger partial charge in [0.1, 0.15) is 5.67 Å². The SMILES string of the molecule is CN(C)CC1(F)CCN(C(=O)O)C1. The van der Waals surface area contributed by atoms with Gasteiger partial charge in [0.25, 0.3) is 0 Å². The Labute approximate surface area is 76.9 Å². The number of carboxylic acid groups (broad SMARTS) is 1. The van der Waals surface area contributed by atoms with Crippen LogP contribution in [0.4, 0.5) is 9.18 Å². The zero-order valence-corrected chi connectivity index (χ0v) is 7.96. The Hall–Kier alpha value is -0.840. The van der Waals surface area contributed by atoms with Gasteiger partial charge < -0.3 is 14.9 Å². The molecule has 5 heteroatoms. The maximum absolute atomic E-state index is 13.8. The van der Waals surface area contributed by atoms with Crippen LogP contribution < -0.4 is 0 Å². The van der Waals surface area contributed by atoms with Crippen molar-refractivity contribution >= 4 is 6.09 Å². The van der Waals surface area contributed by atoms with E-state index in [9.17, 15) is 9.18 Å². The topological polar surface area (TPSA) is 43.8 Å². The molecule has 1 aliphatic rings. The Morgan fingerprint density at radius 1 is 1.69 bits per heavy atom. The fraction of sp³-hybridized carbons (Fsp3) is 0.875. The highest BCUT2D eigenvalue weighted by Gasteiger charge is 2.40. The Balaban J connectivity index is 2.51. The van der Waals surface area contributed by atoms with Gasteiger partial charge >= 0.3 is 6.09 Å². The number of carbonyl (C=O) groups is 1. The normalized spacial score (nSPS) is 28.5. The minimum atomic E-state index is -1.36. The molecule has 0 aromatic rings. The van der Waals surface area contributed by atoms with Crippen molar-refractivity contribution in [3.8, 4) is 0 Å². The summed E-state index contributed by atoms with van der Waals surface area (Å²) in [5.74, 6) is 0. The van der Waals surface area contributed by atoms with Crippen LogP contribution in [-0.2, 0) is 0 Å². The van der Waals surface area contributed by atoms with Gasteiger partial charge in [-0.3, -0.25) is 0 Å². The lowest BCUT2D eigenvalue weighted by atomic mass is 10.1. The second kappa shape index (κ2) is 3.49. The van der Waals surface area contributed by atoms with E-state index in [1.807, 2.05) is 0 Å². The van der Waals surface area contributed by atoms with E-state index in [0.717, 1.165) is 4.90 Å². The van der Waals surface area contributed by atoms with Crippen molar-refractivity contribution < 1.29 is 14.3 Å². The lowest BCUT2D eigenvalue weighted by Crippen LogP contribution is -2.39. The van der Waals surface area contributed by atoms with Gasteiger partial charge in [-0.15, -0.1) is 0 Å². The van der Waals surface area contributed by atoms with Gasteiger partial charge in [-0.25, -0.2) is 9.18 Å². The Morgan fingerprint density at radius 2 is 2.31 bits per heavy atom. The predicted octanol–water partition coefficient (Wildman–Crippen LogP) is 0.640. The molecular weight excluding hydrogens is 175 g/mol. The molecule has 0 aromatic heterocycles. The molecule has 1 fully saturated rings. The van der Waals surface area contributed by atoms with Crippen LogP contribution in [0.2, 0.25) is 0 Å². The van der Waals surface area contributed by atoms with Crippen molar-refractivity contribution in [2.24, 2.45) is 0 Å². The summed E-state index contributed by atoms with van der Waals surface area (Å²) in [5, 5.41) is 8.63. The number of hydrogen-bond acceptors (Lipinski definition) is 2. The third-order valence-electron chi connectivity index (χ3n) is 2.17. The molecule has 13 heavy (non-hydrogen) atoms. The van der Waals surface area contributed by atoms with Gasteiger partial charge in [0.05, 0.1) is 6.54 Å². The first kappa shape index (κ1) is 10.2. The summed E-state index contributed by atoms with van der Waals surface area (Å²) in [6, 6.07) is 0. The Bertz CT molecular complexity index is 210. The molecule has 4 nitrogen and oxygen atoms in total. The molecule has 0 radical (unpaired) electrons. The summed E-state index contributed by atoms with van der Waals surface area (Å²) in [7, 11) is 3.56. The van der Waals surface area contributed by atoms with Crippen LogP contribution in [0.1, 0.15) is 6.42 Å². The number of rotatable bonds is 2. The van der Waals surface area contributed by atoms with Crippen LogP contribution in [0.5, 0.6) is 0 Å². The first-order chi connectivity index (χ1) is 5.93. The number of hydrogen-bond donors (Lipinski definition) is 1. The van der Waals surface area contributed by atoms with Gasteiger partial charge in [0.15, 0.2) is 0 Å². The van der Waals surface area contributed by atoms with Crippen molar-refractivity contribution in [2.45, 2.75) is 12.1 Å². The molecule has 1 heterocycles. The zero-order valence-electron chi connectivity index (χ0n) is 7.96. The van der Waals surface area contributed by atoms with Crippen LogP contribution in [-0.4, -0.2) is 60.4 Å². The van der Waals surface area contributed by atoms with E-state index in [1.165, 1.54) is 0 Å². The molecule has 0 aromatic carbocycles. The van der Waals surface area contributed by atoms with Crippen molar-refractivity contribution in [1.82, 2.24) is 9.80 Å². The maximum atomic E-state index is 13.8. The molecule has 0 saturated carbocycles. The molecule has 1 amide bonds. The summed E-state index contributed by atoms with van der Waals surface area (Å²) >= 11 is 0. The van der Waals surface area contributed by atoms with E-state index < -0.39 is 11.8 Å². The monoisotopic (exact) mass is 190 g/mol. The van der Waals surface area contributed by atoms with Crippen LogP contribution >= 0.6 is 0 Å². The minimum Gasteiger partial charge on any atom is -0.465 e. The summed E-state index contributed by atoms with van der Waals surface area (Å²) in [6.45, 7) is 0.594. The molecule has 1 aliphatic heterocycles. The standard InChI is InChI=1S/C8H15FN2O2/c1-10(2)5-8(9)3-4-11(6-8)7(12)13/h3-6H2,1-2H3,(H,12,13). The first-order valence-corrected chi connectivity index (χ1v) is 4.24.